The highest BCUT2D eigenvalue weighted by atomic mass is 35.5. The molecule has 1 heterocycles. The number of halogens is 1. The molecule has 0 fully saturated rings. The second kappa shape index (κ2) is 5.61. The van der Waals surface area contributed by atoms with E-state index >= 15 is 0 Å². The van der Waals surface area contributed by atoms with Crippen molar-refractivity contribution in [2.24, 2.45) is 0 Å². The molecule has 0 saturated carbocycles. The van der Waals surface area contributed by atoms with Crippen molar-refractivity contribution in [1.29, 1.82) is 0 Å². The summed E-state index contributed by atoms with van der Waals surface area (Å²) in [5.74, 6) is 0. The maximum Gasteiger partial charge on any atom is 0.289 e. The van der Waals surface area contributed by atoms with Gasteiger partial charge in [-0.05, 0) is 36.8 Å². The lowest BCUT2D eigenvalue weighted by Crippen LogP contribution is -2.09. The second-order valence-corrected chi connectivity index (χ2v) is 5.25. The van der Waals surface area contributed by atoms with Gasteiger partial charge < -0.3 is 5.32 Å². The Morgan fingerprint density at radius 1 is 1.32 bits per heavy atom. The molecule has 0 aliphatic rings. The molecule has 22 heavy (non-hydrogen) atoms. The number of hydrogen-bond donors (Lipinski definition) is 1. The van der Waals surface area contributed by atoms with Crippen LogP contribution < -0.4 is 5.32 Å². The number of fused-ring (bicyclic) bond motifs is 1. The fourth-order valence-electron chi connectivity index (χ4n) is 2.13. The van der Waals surface area contributed by atoms with Crippen LogP contribution in [0.3, 0.4) is 0 Å². The van der Waals surface area contributed by atoms with Crippen LogP contribution in [0.15, 0.2) is 36.4 Å². The summed E-state index contributed by atoms with van der Waals surface area (Å²) in [5.41, 5.74) is 3.27. The van der Waals surface area contributed by atoms with E-state index in [1.165, 1.54) is 12.1 Å². The Morgan fingerprint density at radius 2 is 2.14 bits per heavy atom. The van der Waals surface area contributed by atoms with Crippen molar-refractivity contribution < 1.29 is 4.92 Å². The fraction of sp³-hybridized carbons (Fsp3) is 0.143. The first kappa shape index (κ1) is 14.3. The van der Waals surface area contributed by atoms with Crippen molar-refractivity contribution in [3.05, 3.63) is 57.1 Å². The third kappa shape index (κ3) is 2.71. The van der Waals surface area contributed by atoms with Gasteiger partial charge in [-0.3, -0.25) is 10.1 Å². The van der Waals surface area contributed by atoms with Crippen molar-refractivity contribution in [3.63, 3.8) is 0 Å². The zero-order valence-electron chi connectivity index (χ0n) is 11.7. The van der Waals surface area contributed by atoms with Crippen molar-refractivity contribution in [2.75, 3.05) is 5.32 Å². The summed E-state index contributed by atoms with van der Waals surface area (Å²) in [6, 6.07) is 10.4. The summed E-state index contributed by atoms with van der Waals surface area (Å²) >= 11 is 5.79. The average molecular weight is 318 g/mol. The summed E-state index contributed by atoms with van der Waals surface area (Å²) in [6.07, 6.45) is 0. The first-order valence-electron chi connectivity index (χ1n) is 6.52. The van der Waals surface area contributed by atoms with Crippen molar-refractivity contribution >= 4 is 34.0 Å². The normalized spacial score (nSPS) is 10.8. The molecule has 0 aliphatic carbocycles. The van der Waals surface area contributed by atoms with Crippen LogP contribution >= 0.6 is 11.6 Å². The summed E-state index contributed by atoms with van der Waals surface area (Å²) in [7, 11) is 0. The average Bonchev–Trinajstić information content (AvgIpc) is 2.88. The van der Waals surface area contributed by atoms with E-state index in [4.69, 9.17) is 11.6 Å². The Balaban J connectivity index is 1.82. The second-order valence-electron chi connectivity index (χ2n) is 4.84. The molecule has 0 radical (unpaired) electrons. The Labute approximate surface area is 130 Å². The molecule has 0 saturated heterocycles. The number of benzene rings is 2. The van der Waals surface area contributed by atoms with Crippen molar-refractivity contribution in [1.82, 2.24) is 15.0 Å². The minimum atomic E-state index is -0.513. The number of anilines is 1. The van der Waals surface area contributed by atoms with Crippen LogP contribution in [0.25, 0.3) is 11.0 Å². The molecule has 1 aromatic heterocycles. The smallest absolute Gasteiger partial charge is 0.289 e. The SMILES string of the molecule is Cc1ccc2c(c1)nnn2CNc1ccc(Cl)c([N+](=O)[O-])c1. The van der Waals surface area contributed by atoms with Gasteiger partial charge in [0.25, 0.3) is 5.69 Å². The summed E-state index contributed by atoms with van der Waals surface area (Å²) in [5, 5.41) is 22.2. The van der Waals surface area contributed by atoms with Gasteiger partial charge in [0.1, 0.15) is 17.2 Å². The lowest BCUT2D eigenvalue weighted by Gasteiger charge is -2.07. The molecule has 7 nitrogen and oxygen atoms in total. The quantitative estimate of drug-likeness (QED) is 0.589. The summed E-state index contributed by atoms with van der Waals surface area (Å²) < 4.78 is 1.69. The third-order valence-electron chi connectivity index (χ3n) is 3.25. The van der Waals surface area contributed by atoms with Crippen molar-refractivity contribution in [2.45, 2.75) is 13.6 Å². The molecule has 3 aromatic rings. The van der Waals surface area contributed by atoms with Gasteiger partial charge in [0.05, 0.1) is 10.4 Å². The van der Waals surface area contributed by atoms with Gasteiger partial charge in [0.15, 0.2) is 0 Å². The Morgan fingerprint density at radius 3 is 2.91 bits per heavy atom. The molecule has 2 aromatic carbocycles. The molecular formula is C14H12ClN5O2. The molecule has 0 aliphatic heterocycles. The molecule has 112 valence electrons. The molecule has 3 rings (SSSR count). The van der Waals surface area contributed by atoms with Gasteiger partial charge in [-0.15, -0.1) is 5.10 Å². The number of hydrogen-bond acceptors (Lipinski definition) is 5. The maximum absolute atomic E-state index is 10.9. The predicted octanol–water partition coefficient (Wildman–Crippen LogP) is 3.37. The molecule has 0 bridgehead atoms. The van der Waals surface area contributed by atoms with E-state index in [1.807, 2.05) is 25.1 Å². The van der Waals surface area contributed by atoms with E-state index in [1.54, 1.807) is 10.7 Å². The van der Waals surface area contributed by atoms with Crippen LogP contribution in [0.1, 0.15) is 5.56 Å². The monoisotopic (exact) mass is 317 g/mol. The lowest BCUT2D eigenvalue weighted by atomic mass is 10.2. The van der Waals surface area contributed by atoms with Crippen LogP contribution in [0, 0.1) is 17.0 Å². The number of nitro benzene ring substituents is 1. The summed E-state index contributed by atoms with van der Waals surface area (Å²) in [4.78, 5) is 10.4. The van der Waals surface area contributed by atoms with Crippen LogP contribution in [0.5, 0.6) is 0 Å². The highest BCUT2D eigenvalue weighted by Gasteiger charge is 2.12. The van der Waals surface area contributed by atoms with E-state index in [0.29, 0.717) is 12.4 Å². The van der Waals surface area contributed by atoms with Crippen LogP contribution in [0.2, 0.25) is 5.02 Å². The Kier molecular flexibility index (Phi) is 3.64. The van der Waals surface area contributed by atoms with Gasteiger partial charge in [0, 0.05) is 11.8 Å². The van der Waals surface area contributed by atoms with Gasteiger partial charge in [-0.25, -0.2) is 4.68 Å². The van der Waals surface area contributed by atoms with Gasteiger partial charge >= 0.3 is 0 Å². The minimum Gasteiger partial charge on any atom is -0.366 e. The molecule has 0 amide bonds. The van der Waals surface area contributed by atoms with E-state index < -0.39 is 4.92 Å². The van der Waals surface area contributed by atoms with E-state index in [-0.39, 0.29) is 10.7 Å². The van der Waals surface area contributed by atoms with Crippen LogP contribution in [-0.4, -0.2) is 19.9 Å². The standard InChI is InChI=1S/C14H12ClN5O2/c1-9-2-5-13-12(6-9)17-18-19(13)8-16-10-3-4-11(15)14(7-10)20(21)22/h2-7,16H,8H2,1H3. The molecular weight excluding hydrogens is 306 g/mol. The third-order valence-corrected chi connectivity index (χ3v) is 3.56. The van der Waals surface area contributed by atoms with Crippen LogP contribution in [-0.2, 0) is 6.67 Å². The molecule has 0 spiro atoms. The lowest BCUT2D eigenvalue weighted by molar-refractivity contribution is -0.384. The zero-order valence-corrected chi connectivity index (χ0v) is 12.4. The highest BCUT2D eigenvalue weighted by Crippen LogP contribution is 2.27. The van der Waals surface area contributed by atoms with Crippen LogP contribution in [0.4, 0.5) is 11.4 Å². The number of aromatic nitrogens is 3. The van der Waals surface area contributed by atoms with E-state index in [2.05, 4.69) is 15.6 Å². The number of nitrogens with one attached hydrogen (secondary N) is 1. The fourth-order valence-corrected chi connectivity index (χ4v) is 2.31. The highest BCUT2D eigenvalue weighted by molar-refractivity contribution is 6.32. The van der Waals surface area contributed by atoms with Gasteiger partial charge in [0.2, 0.25) is 0 Å². The summed E-state index contributed by atoms with van der Waals surface area (Å²) in [6.45, 7) is 2.34. The first-order valence-corrected chi connectivity index (χ1v) is 6.90. The molecule has 8 heteroatoms. The Hall–Kier alpha value is -2.67. The van der Waals surface area contributed by atoms with E-state index in [0.717, 1.165) is 16.6 Å². The molecule has 0 atom stereocenters. The Bertz CT molecular complexity index is 862. The largest absolute Gasteiger partial charge is 0.366 e. The van der Waals surface area contributed by atoms with Gasteiger partial charge in [-0.2, -0.15) is 0 Å². The topological polar surface area (TPSA) is 85.9 Å². The first-order chi connectivity index (χ1) is 10.5. The number of nitro groups is 1. The van der Waals surface area contributed by atoms with E-state index in [9.17, 15) is 10.1 Å². The number of rotatable bonds is 4. The molecule has 1 N–H and O–H groups in total. The molecule has 0 unspecified atom stereocenters. The number of nitrogens with zero attached hydrogens (tertiary/aromatic N) is 4. The van der Waals surface area contributed by atoms with Gasteiger partial charge in [-0.1, -0.05) is 22.9 Å². The maximum atomic E-state index is 10.9. The zero-order chi connectivity index (χ0) is 15.7. The van der Waals surface area contributed by atoms with Crippen molar-refractivity contribution in [3.8, 4) is 0 Å². The number of aryl methyl sites for hydroxylation is 1. The predicted molar refractivity (Wildman–Crippen MR) is 84.0 cm³/mol. The minimum absolute atomic E-state index is 0.109.